The molecule has 5 rings (SSSR count). The van der Waals surface area contributed by atoms with Gasteiger partial charge in [-0.3, -0.25) is 9.59 Å². The van der Waals surface area contributed by atoms with Crippen molar-refractivity contribution >= 4 is 35.3 Å². The first-order valence-electron chi connectivity index (χ1n) is 11.5. The van der Waals surface area contributed by atoms with Crippen molar-refractivity contribution in [3.63, 3.8) is 0 Å². The average molecular weight is 487 g/mol. The molecule has 3 aromatic carbocycles. The van der Waals surface area contributed by atoms with Gasteiger partial charge in [0, 0.05) is 10.5 Å². The highest BCUT2D eigenvalue weighted by molar-refractivity contribution is 8.04. The zero-order chi connectivity index (χ0) is 24.4. The molecule has 2 N–H and O–H groups in total. The van der Waals surface area contributed by atoms with Crippen molar-refractivity contribution in [3.8, 4) is 11.5 Å². The van der Waals surface area contributed by atoms with Crippen LogP contribution in [0.3, 0.4) is 0 Å². The van der Waals surface area contributed by atoms with Crippen LogP contribution in [0.1, 0.15) is 45.9 Å². The van der Waals surface area contributed by atoms with E-state index in [1.54, 1.807) is 32.4 Å². The third-order valence-electron chi connectivity index (χ3n) is 6.31. The first-order valence-corrected chi connectivity index (χ1v) is 12.3. The van der Waals surface area contributed by atoms with Crippen LogP contribution in [0.5, 0.6) is 11.5 Å². The van der Waals surface area contributed by atoms with Crippen molar-refractivity contribution in [3.05, 3.63) is 87.8 Å². The van der Waals surface area contributed by atoms with Crippen LogP contribution in [0, 0.1) is 0 Å². The first kappa shape index (κ1) is 23.1. The minimum atomic E-state index is -0.212. The highest BCUT2D eigenvalue weighted by atomic mass is 32.2. The van der Waals surface area contributed by atoms with Crippen molar-refractivity contribution in [1.82, 2.24) is 5.32 Å². The van der Waals surface area contributed by atoms with Crippen molar-refractivity contribution in [1.29, 1.82) is 0 Å². The molecule has 35 heavy (non-hydrogen) atoms. The van der Waals surface area contributed by atoms with Gasteiger partial charge in [-0.05, 0) is 72.4 Å². The Morgan fingerprint density at radius 1 is 1.06 bits per heavy atom. The lowest BCUT2D eigenvalue weighted by Crippen LogP contribution is -2.31. The number of hydrogen-bond donors (Lipinski definition) is 2. The van der Waals surface area contributed by atoms with Gasteiger partial charge < -0.3 is 20.1 Å². The van der Waals surface area contributed by atoms with Crippen LogP contribution in [-0.4, -0.2) is 26.0 Å². The molecule has 0 radical (unpaired) electrons. The van der Waals surface area contributed by atoms with E-state index in [2.05, 4.69) is 22.8 Å². The van der Waals surface area contributed by atoms with Gasteiger partial charge in [-0.1, -0.05) is 42.1 Å². The molecule has 1 heterocycles. The number of benzene rings is 3. The van der Waals surface area contributed by atoms with E-state index in [1.807, 2.05) is 36.4 Å². The third kappa shape index (κ3) is 4.77. The molecule has 0 saturated heterocycles. The smallest absolute Gasteiger partial charge is 0.262 e. The highest BCUT2D eigenvalue weighted by Crippen LogP contribution is 2.40. The number of methoxy groups -OCH3 is 2. The SMILES string of the molecule is COc1ccc(/C=C2/Sc3ccc(C(=O)N[C@@H]4CCCc5ccccc54)cc3NC2=O)cc1OC. The summed E-state index contributed by atoms with van der Waals surface area (Å²) in [6, 6.07) is 19.2. The van der Waals surface area contributed by atoms with Crippen LogP contribution in [-0.2, 0) is 11.2 Å². The molecule has 178 valence electrons. The van der Waals surface area contributed by atoms with E-state index < -0.39 is 0 Å². The fraction of sp³-hybridized carbons (Fsp3) is 0.214. The third-order valence-corrected chi connectivity index (χ3v) is 7.41. The minimum absolute atomic E-state index is 0.00322. The van der Waals surface area contributed by atoms with Gasteiger partial charge in [-0.2, -0.15) is 0 Å². The van der Waals surface area contributed by atoms with Crippen LogP contribution in [0.25, 0.3) is 6.08 Å². The highest BCUT2D eigenvalue weighted by Gasteiger charge is 2.25. The van der Waals surface area contributed by atoms with E-state index in [0.717, 1.165) is 29.7 Å². The van der Waals surface area contributed by atoms with Gasteiger partial charge in [-0.15, -0.1) is 0 Å². The van der Waals surface area contributed by atoms with Gasteiger partial charge in [0.15, 0.2) is 11.5 Å². The molecule has 3 aromatic rings. The number of aryl methyl sites for hydroxylation is 1. The largest absolute Gasteiger partial charge is 0.493 e. The summed E-state index contributed by atoms with van der Waals surface area (Å²) in [6.07, 6.45) is 4.83. The maximum atomic E-state index is 13.0. The van der Waals surface area contributed by atoms with Crippen molar-refractivity contribution < 1.29 is 19.1 Å². The molecule has 2 amide bonds. The molecule has 0 saturated carbocycles. The lowest BCUT2D eigenvalue weighted by molar-refractivity contribution is -0.112. The summed E-state index contributed by atoms with van der Waals surface area (Å²) in [7, 11) is 3.16. The summed E-state index contributed by atoms with van der Waals surface area (Å²) in [6.45, 7) is 0. The van der Waals surface area contributed by atoms with E-state index in [-0.39, 0.29) is 17.9 Å². The maximum Gasteiger partial charge on any atom is 0.262 e. The van der Waals surface area contributed by atoms with Gasteiger partial charge >= 0.3 is 0 Å². The van der Waals surface area contributed by atoms with E-state index >= 15 is 0 Å². The summed E-state index contributed by atoms with van der Waals surface area (Å²) >= 11 is 1.38. The molecule has 6 nitrogen and oxygen atoms in total. The Labute approximate surface area is 208 Å². The molecular weight excluding hydrogens is 460 g/mol. The fourth-order valence-corrected chi connectivity index (χ4v) is 5.47. The molecule has 1 atom stereocenters. The number of carbonyl (C=O) groups is 2. The Balaban J connectivity index is 1.34. The second-order valence-corrected chi connectivity index (χ2v) is 9.59. The normalized spacial score (nSPS) is 17.7. The molecule has 0 bridgehead atoms. The second kappa shape index (κ2) is 9.88. The van der Waals surface area contributed by atoms with E-state index in [1.165, 1.54) is 22.9 Å². The number of rotatable bonds is 5. The van der Waals surface area contributed by atoms with E-state index in [9.17, 15) is 9.59 Å². The van der Waals surface area contributed by atoms with Crippen molar-refractivity contribution in [2.75, 3.05) is 19.5 Å². The maximum absolute atomic E-state index is 13.0. The second-order valence-electron chi connectivity index (χ2n) is 8.51. The monoisotopic (exact) mass is 486 g/mol. The average Bonchev–Trinajstić information content (AvgIpc) is 2.89. The molecule has 0 unspecified atom stereocenters. The molecule has 7 heteroatoms. The van der Waals surface area contributed by atoms with Gasteiger partial charge in [0.25, 0.3) is 11.8 Å². The van der Waals surface area contributed by atoms with Gasteiger partial charge in [-0.25, -0.2) is 0 Å². The zero-order valence-corrected chi connectivity index (χ0v) is 20.4. The summed E-state index contributed by atoms with van der Waals surface area (Å²) in [5.74, 6) is 0.874. The number of carbonyl (C=O) groups excluding carboxylic acids is 2. The number of fused-ring (bicyclic) bond motifs is 2. The van der Waals surface area contributed by atoms with Gasteiger partial charge in [0.2, 0.25) is 0 Å². The van der Waals surface area contributed by atoms with Crippen LogP contribution >= 0.6 is 11.8 Å². The predicted octanol–water partition coefficient (Wildman–Crippen LogP) is 5.60. The summed E-state index contributed by atoms with van der Waals surface area (Å²) in [5, 5.41) is 6.11. The number of amides is 2. The lowest BCUT2D eigenvalue weighted by atomic mass is 9.87. The number of thioether (sulfide) groups is 1. The van der Waals surface area contributed by atoms with Crippen LogP contribution < -0.4 is 20.1 Å². The van der Waals surface area contributed by atoms with Crippen LogP contribution in [0.15, 0.2) is 70.5 Å². The number of hydrogen-bond acceptors (Lipinski definition) is 5. The molecule has 2 aliphatic rings. The molecule has 1 aliphatic heterocycles. The Morgan fingerprint density at radius 2 is 1.89 bits per heavy atom. The predicted molar refractivity (Wildman–Crippen MR) is 138 cm³/mol. The molecule has 0 aromatic heterocycles. The Morgan fingerprint density at radius 3 is 2.71 bits per heavy atom. The van der Waals surface area contributed by atoms with Crippen molar-refractivity contribution in [2.45, 2.75) is 30.2 Å². The van der Waals surface area contributed by atoms with Crippen molar-refractivity contribution in [2.24, 2.45) is 0 Å². The van der Waals surface area contributed by atoms with Gasteiger partial charge in [0.1, 0.15) is 0 Å². The number of nitrogens with one attached hydrogen (secondary N) is 2. The zero-order valence-electron chi connectivity index (χ0n) is 19.6. The molecule has 0 fully saturated rings. The Hall–Kier alpha value is -3.71. The first-order chi connectivity index (χ1) is 17.1. The Bertz CT molecular complexity index is 1330. The quantitative estimate of drug-likeness (QED) is 0.460. The summed E-state index contributed by atoms with van der Waals surface area (Å²) in [4.78, 5) is 27.3. The van der Waals surface area contributed by atoms with Gasteiger partial charge in [0.05, 0.1) is 30.9 Å². The molecule has 1 aliphatic carbocycles. The van der Waals surface area contributed by atoms with Crippen LogP contribution in [0.2, 0.25) is 0 Å². The molecule has 0 spiro atoms. The van der Waals surface area contributed by atoms with E-state index in [4.69, 9.17) is 9.47 Å². The number of anilines is 1. The molecular formula is C28H26N2O4S. The lowest BCUT2D eigenvalue weighted by Gasteiger charge is -2.26. The van der Waals surface area contributed by atoms with E-state index in [0.29, 0.717) is 27.7 Å². The standard InChI is InChI=1S/C28H26N2O4S/c1-33-23-12-10-17(14-24(23)34-2)15-26-28(32)30-22-16-19(11-13-25(22)35-26)27(31)29-21-9-5-7-18-6-3-4-8-20(18)21/h3-4,6,8,10-16,21H,5,7,9H2,1-2H3,(H,29,31)(H,30,32)/b26-15+/t21-/m1/s1. The summed E-state index contributed by atoms with van der Waals surface area (Å²) < 4.78 is 10.6. The van der Waals surface area contributed by atoms with Crippen LogP contribution in [0.4, 0.5) is 5.69 Å². The topological polar surface area (TPSA) is 76.7 Å². The number of ether oxygens (including phenoxy) is 2. The summed E-state index contributed by atoms with van der Waals surface area (Å²) in [5.41, 5.74) is 4.49. The minimum Gasteiger partial charge on any atom is -0.493 e. The Kier molecular flexibility index (Phi) is 6.51. The fourth-order valence-electron chi connectivity index (χ4n) is 4.54.